The Morgan fingerprint density at radius 3 is 1.84 bits per heavy atom. The van der Waals surface area contributed by atoms with Crippen LogP contribution in [0.2, 0.25) is 0 Å². The van der Waals surface area contributed by atoms with Crippen molar-refractivity contribution in [2.75, 3.05) is 0 Å². The van der Waals surface area contributed by atoms with Gasteiger partial charge in [-0.15, -0.1) is 34.0 Å². The van der Waals surface area contributed by atoms with E-state index in [9.17, 15) is 14.4 Å². The normalized spacial score (nSPS) is 12.4. The Bertz CT molecular complexity index is 3440. The molecule has 0 atom stereocenters. The van der Waals surface area contributed by atoms with E-state index in [0.29, 0.717) is 66.8 Å². The lowest BCUT2D eigenvalue weighted by Gasteiger charge is -2.23. The van der Waals surface area contributed by atoms with Crippen LogP contribution >= 0.6 is 34.0 Å². The van der Waals surface area contributed by atoms with Crippen molar-refractivity contribution in [1.29, 1.82) is 0 Å². The zero-order valence-corrected chi connectivity index (χ0v) is 39.1. The van der Waals surface area contributed by atoms with Gasteiger partial charge >= 0.3 is 0 Å². The molecule has 0 aliphatic carbocycles. The van der Waals surface area contributed by atoms with Crippen molar-refractivity contribution in [3.8, 4) is 34.6 Å². The van der Waals surface area contributed by atoms with E-state index in [1.807, 2.05) is 62.5 Å². The number of rotatable bonds is 11. The summed E-state index contributed by atoms with van der Waals surface area (Å²) in [5.41, 5.74) is 6.44. The molecule has 9 heterocycles. The number of nitrogens with zero attached hydrogens (tertiary/aromatic N) is 6. The van der Waals surface area contributed by atoms with Crippen LogP contribution in [0.1, 0.15) is 97.3 Å². The van der Waals surface area contributed by atoms with E-state index < -0.39 is 0 Å². The summed E-state index contributed by atoms with van der Waals surface area (Å²) in [5, 5.41) is 3.79. The minimum Gasteiger partial charge on any atom is -0.305 e. The molecule has 63 heavy (non-hydrogen) atoms. The summed E-state index contributed by atoms with van der Waals surface area (Å²) in [6.07, 6.45) is 3.90. The number of aromatic amines is 3. The maximum atomic E-state index is 13.7. The molecule has 9 aromatic rings. The Morgan fingerprint density at radius 1 is 0.651 bits per heavy atom. The minimum absolute atomic E-state index is 0.141. The zero-order chi connectivity index (χ0) is 44.5. The first-order valence-corrected chi connectivity index (χ1v) is 23.4. The van der Waals surface area contributed by atoms with Crippen molar-refractivity contribution in [2.24, 2.45) is 0 Å². The molecule has 0 unspecified atom stereocenters. The molecule has 0 aliphatic heterocycles. The van der Waals surface area contributed by atoms with Gasteiger partial charge in [0, 0.05) is 32.8 Å². The van der Waals surface area contributed by atoms with Gasteiger partial charge in [0.25, 0.3) is 16.7 Å². The Morgan fingerprint density at radius 2 is 1.21 bits per heavy atom. The van der Waals surface area contributed by atoms with Gasteiger partial charge in [-0.25, -0.2) is 24.9 Å². The summed E-state index contributed by atoms with van der Waals surface area (Å²) in [5.74, 6) is 1.58. The molecule has 12 nitrogen and oxygen atoms in total. The minimum atomic E-state index is -0.356. The van der Waals surface area contributed by atoms with Crippen LogP contribution in [0.15, 0.2) is 74.5 Å². The van der Waals surface area contributed by atoms with Crippen LogP contribution in [0.25, 0.3) is 65.2 Å². The summed E-state index contributed by atoms with van der Waals surface area (Å²) >= 11 is 4.54. The van der Waals surface area contributed by atoms with E-state index in [1.165, 1.54) is 34.0 Å². The number of H-pyrrole nitrogens is 3. The van der Waals surface area contributed by atoms with Gasteiger partial charge in [-0.3, -0.25) is 19.4 Å². The van der Waals surface area contributed by atoms with Crippen LogP contribution in [0.5, 0.6) is 0 Å². The first-order chi connectivity index (χ1) is 29.9. The van der Waals surface area contributed by atoms with Gasteiger partial charge in [0.05, 0.1) is 16.2 Å². The van der Waals surface area contributed by atoms with E-state index in [2.05, 4.69) is 73.6 Å². The molecule has 9 aromatic heterocycles. The average Bonchev–Trinajstić information content (AvgIpc) is 3.98. The highest BCUT2D eigenvalue weighted by Gasteiger charge is 2.28. The van der Waals surface area contributed by atoms with Crippen molar-refractivity contribution in [3.05, 3.63) is 135 Å². The molecule has 3 N–H and O–H groups in total. The fourth-order valence-electron chi connectivity index (χ4n) is 8.16. The zero-order valence-electron chi connectivity index (χ0n) is 36.6. The fourth-order valence-corrected chi connectivity index (χ4v) is 11.6. The number of thiophene rings is 3. The smallest absolute Gasteiger partial charge is 0.260 e. The molecule has 0 fully saturated rings. The van der Waals surface area contributed by atoms with Crippen LogP contribution in [0.3, 0.4) is 0 Å². The van der Waals surface area contributed by atoms with Gasteiger partial charge in [-0.1, -0.05) is 47.6 Å². The molecule has 0 saturated heterocycles. The highest BCUT2D eigenvalue weighted by atomic mass is 32.1. The van der Waals surface area contributed by atoms with Gasteiger partial charge in [0.2, 0.25) is 0 Å². The van der Waals surface area contributed by atoms with Crippen molar-refractivity contribution in [1.82, 2.24) is 44.9 Å². The van der Waals surface area contributed by atoms with E-state index in [-0.39, 0.29) is 33.4 Å². The van der Waals surface area contributed by atoms with E-state index in [4.69, 9.17) is 24.9 Å². The molecule has 0 saturated carbocycles. The Labute approximate surface area is 375 Å². The highest BCUT2D eigenvalue weighted by molar-refractivity contribution is 7.19. The number of hydrogen-bond donors (Lipinski definition) is 3. The van der Waals surface area contributed by atoms with Crippen molar-refractivity contribution < 1.29 is 0 Å². The van der Waals surface area contributed by atoms with Crippen molar-refractivity contribution >= 4 is 64.7 Å². The Kier molecular flexibility index (Phi) is 10.7. The first kappa shape index (κ1) is 42.3. The van der Waals surface area contributed by atoms with Gasteiger partial charge in [0.15, 0.2) is 17.5 Å². The maximum absolute atomic E-state index is 13.7. The number of aryl methyl sites for hydroxylation is 4. The number of hydrogen-bond acceptors (Lipinski definition) is 12. The van der Waals surface area contributed by atoms with Crippen LogP contribution in [0, 0.1) is 20.8 Å². The molecular formula is C48H47N9O3S3. The quantitative estimate of drug-likeness (QED) is 0.114. The van der Waals surface area contributed by atoms with Gasteiger partial charge < -0.3 is 15.0 Å². The molecule has 0 spiro atoms. The third kappa shape index (κ3) is 8.20. The first-order valence-electron chi connectivity index (χ1n) is 20.9. The molecule has 0 aliphatic rings. The van der Waals surface area contributed by atoms with Crippen LogP contribution in [0.4, 0.5) is 0 Å². The van der Waals surface area contributed by atoms with Crippen LogP contribution < -0.4 is 16.7 Å². The summed E-state index contributed by atoms with van der Waals surface area (Å²) in [7, 11) is 0. The molecule has 0 bridgehead atoms. The summed E-state index contributed by atoms with van der Waals surface area (Å²) in [6, 6.07) is 15.9. The maximum Gasteiger partial charge on any atom is 0.260 e. The monoisotopic (exact) mass is 893 g/mol. The molecular weight excluding hydrogens is 847 g/mol. The summed E-state index contributed by atoms with van der Waals surface area (Å²) < 4.78 is 0. The number of nitrogens with one attached hydrogen (secondary N) is 3. The topological polar surface area (TPSA) is 176 Å². The lowest BCUT2D eigenvalue weighted by molar-refractivity contribution is 0.489. The lowest BCUT2D eigenvalue weighted by atomic mass is 9.84. The second-order valence-corrected chi connectivity index (χ2v) is 21.0. The SMILES string of the molecule is Cc1cc(CC(C)(C)c2cc3c(=O)[nH]c(-c4ncccc4C)nc3s2)cc(-c2nc3sc(C(C)(C)CCc4cc(C)nc(-c5nc6scc(C(C)C)c6c(=O)[nH]5)c4)cc3c(=O)[nH]2)n1. The van der Waals surface area contributed by atoms with Crippen molar-refractivity contribution in [3.63, 3.8) is 0 Å². The van der Waals surface area contributed by atoms with E-state index in [0.717, 1.165) is 61.1 Å². The molecule has 0 radical (unpaired) electrons. The standard InChI is InChI=1S/C48H47N9O3S3/c1-23(2)31-22-61-46-36(31)43(60)53-39(56-46)32-17-27(15-25(4)50-32)12-13-47(6,7)34-19-29-41(58)52-38(55-44(29)62-34)33-18-28(16-26(5)51-33)21-48(8,9)35-20-30-42(59)54-40(57-45(30)63-35)37-24(3)11-10-14-49-37/h10-11,14-20,22-23H,12-13,21H2,1-9H3,(H,52,55,58)(H,53,56,60)(H,54,57,59). The van der Waals surface area contributed by atoms with Gasteiger partial charge in [-0.2, -0.15) is 0 Å². The largest absolute Gasteiger partial charge is 0.305 e. The van der Waals surface area contributed by atoms with Crippen LogP contribution in [-0.2, 0) is 23.7 Å². The highest BCUT2D eigenvalue weighted by Crippen LogP contribution is 2.38. The molecule has 0 amide bonds. The third-order valence-corrected chi connectivity index (χ3v) is 15.3. The molecule has 320 valence electrons. The second-order valence-electron chi connectivity index (χ2n) is 18.0. The predicted octanol–water partition coefficient (Wildman–Crippen LogP) is 10.2. The van der Waals surface area contributed by atoms with Crippen LogP contribution in [-0.4, -0.2) is 44.9 Å². The molecule has 0 aromatic carbocycles. The average molecular weight is 894 g/mol. The van der Waals surface area contributed by atoms with E-state index in [1.54, 1.807) is 6.20 Å². The summed E-state index contributed by atoms with van der Waals surface area (Å²) in [4.78, 5) is 81.8. The Hall–Kier alpha value is -6.03. The number of pyridine rings is 3. The second kappa shape index (κ2) is 16.0. The van der Waals surface area contributed by atoms with E-state index >= 15 is 0 Å². The van der Waals surface area contributed by atoms with Gasteiger partial charge in [-0.05, 0) is 121 Å². The number of fused-ring (bicyclic) bond motifs is 3. The molecule has 15 heteroatoms. The van der Waals surface area contributed by atoms with Crippen molar-refractivity contribution in [2.45, 2.75) is 98.3 Å². The Balaban J connectivity index is 0.949. The lowest BCUT2D eigenvalue weighted by Crippen LogP contribution is -2.19. The van der Waals surface area contributed by atoms with Gasteiger partial charge in [0.1, 0.15) is 31.6 Å². The predicted molar refractivity (Wildman–Crippen MR) is 257 cm³/mol. The molecule has 9 rings (SSSR count). The number of aromatic nitrogens is 9. The third-order valence-electron chi connectivity index (χ3n) is 11.7. The summed E-state index contributed by atoms with van der Waals surface area (Å²) in [6.45, 7) is 18.7. The fraction of sp³-hybridized carbons (Fsp3) is 0.312.